The highest BCUT2D eigenvalue weighted by molar-refractivity contribution is 4.98. The lowest BCUT2D eigenvalue weighted by molar-refractivity contribution is 0.0413. The molecule has 1 rings (SSSR count). The van der Waals surface area contributed by atoms with E-state index < -0.39 is 5.60 Å². The zero-order chi connectivity index (χ0) is 11.0. The monoisotopic (exact) mass is 199 g/mol. The highest BCUT2D eigenvalue weighted by Gasteiger charge is 2.45. The molecule has 0 saturated heterocycles. The molecular weight excluding hydrogens is 174 g/mol. The molecule has 0 aliphatic heterocycles. The molecule has 1 saturated carbocycles. The molecule has 2 nitrogen and oxygen atoms in total. The van der Waals surface area contributed by atoms with Crippen molar-refractivity contribution in [2.45, 2.75) is 59.1 Å². The van der Waals surface area contributed by atoms with Crippen LogP contribution in [0.4, 0.5) is 0 Å². The summed E-state index contributed by atoms with van der Waals surface area (Å²) in [5, 5.41) is 13.2. The minimum absolute atomic E-state index is 0.165. The third-order valence-corrected chi connectivity index (χ3v) is 3.94. The molecule has 0 heterocycles. The van der Waals surface area contributed by atoms with Crippen LogP contribution < -0.4 is 5.32 Å². The Balaban J connectivity index is 2.34. The van der Waals surface area contributed by atoms with Crippen LogP contribution in [0.25, 0.3) is 0 Å². The van der Waals surface area contributed by atoms with Gasteiger partial charge in [-0.2, -0.15) is 0 Å². The Kier molecular flexibility index (Phi) is 3.27. The number of hydrogen-bond donors (Lipinski definition) is 2. The van der Waals surface area contributed by atoms with E-state index in [0.717, 1.165) is 12.5 Å². The maximum absolute atomic E-state index is 9.78. The highest BCUT2D eigenvalue weighted by atomic mass is 16.3. The molecule has 0 amide bonds. The molecule has 0 bridgehead atoms. The van der Waals surface area contributed by atoms with Crippen molar-refractivity contribution in [1.29, 1.82) is 0 Å². The fourth-order valence-corrected chi connectivity index (χ4v) is 1.72. The molecule has 0 aromatic heterocycles. The summed E-state index contributed by atoms with van der Waals surface area (Å²) in [4.78, 5) is 0. The fourth-order valence-electron chi connectivity index (χ4n) is 1.72. The van der Waals surface area contributed by atoms with Gasteiger partial charge in [-0.05, 0) is 44.9 Å². The molecule has 1 aliphatic rings. The summed E-state index contributed by atoms with van der Waals surface area (Å²) >= 11 is 0. The Morgan fingerprint density at radius 3 is 2.07 bits per heavy atom. The lowest BCUT2D eigenvalue weighted by Gasteiger charge is -2.30. The standard InChI is InChI=1S/C12H25NO/c1-9(2)12(6-7-12)8-13-10(3)11(4,5)14/h9-10,13-14H,6-8H2,1-5H3. The number of nitrogens with one attached hydrogen (secondary N) is 1. The van der Waals surface area contributed by atoms with Crippen molar-refractivity contribution in [2.75, 3.05) is 6.54 Å². The molecule has 1 fully saturated rings. The van der Waals surface area contributed by atoms with Crippen LogP contribution in [0.3, 0.4) is 0 Å². The van der Waals surface area contributed by atoms with Gasteiger partial charge in [0.1, 0.15) is 0 Å². The Morgan fingerprint density at radius 2 is 1.79 bits per heavy atom. The third-order valence-electron chi connectivity index (χ3n) is 3.94. The van der Waals surface area contributed by atoms with Gasteiger partial charge in [-0.3, -0.25) is 0 Å². The molecule has 2 N–H and O–H groups in total. The molecule has 1 unspecified atom stereocenters. The molecule has 0 radical (unpaired) electrons. The van der Waals surface area contributed by atoms with Crippen LogP contribution in [0.15, 0.2) is 0 Å². The van der Waals surface area contributed by atoms with Crippen molar-refractivity contribution in [1.82, 2.24) is 5.32 Å². The number of rotatable bonds is 5. The van der Waals surface area contributed by atoms with Gasteiger partial charge in [0.2, 0.25) is 0 Å². The summed E-state index contributed by atoms with van der Waals surface area (Å²) in [5.41, 5.74) is -0.0907. The highest BCUT2D eigenvalue weighted by Crippen LogP contribution is 2.51. The fraction of sp³-hybridized carbons (Fsp3) is 1.00. The molecule has 0 spiro atoms. The van der Waals surface area contributed by atoms with Crippen LogP contribution in [0, 0.1) is 11.3 Å². The van der Waals surface area contributed by atoms with Crippen LogP contribution in [0.2, 0.25) is 0 Å². The molecule has 1 atom stereocenters. The third kappa shape index (κ3) is 2.71. The van der Waals surface area contributed by atoms with Crippen molar-refractivity contribution in [3.8, 4) is 0 Å². The molecule has 84 valence electrons. The van der Waals surface area contributed by atoms with E-state index in [1.54, 1.807) is 0 Å². The average Bonchev–Trinajstić information content (AvgIpc) is 2.78. The first-order valence-electron chi connectivity index (χ1n) is 5.74. The Bertz CT molecular complexity index is 189. The lowest BCUT2D eigenvalue weighted by atomic mass is 9.91. The van der Waals surface area contributed by atoms with Gasteiger partial charge in [0.15, 0.2) is 0 Å². The van der Waals surface area contributed by atoms with Gasteiger partial charge in [0.05, 0.1) is 5.60 Å². The molecule has 1 aliphatic carbocycles. The van der Waals surface area contributed by atoms with Crippen molar-refractivity contribution < 1.29 is 5.11 Å². The van der Waals surface area contributed by atoms with Crippen LogP contribution in [-0.4, -0.2) is 23.3 Å². The van der Waals surface area contributed by atoms with Crippen molar-refractivity contribution >= 4 is 0 Å². The topological polar surface area (TPSA) is 32.3 Å². The van der Waals surface area contributed by atoms with Crippen LogP contribution in [0.5, 0.6) is 0 Å². The van der Waals surface area contributed by atoms with E-state index in [-0.39, 0.29) is 6.04 Å². The van der Waals surface area contributed by atoms with E-state index >= 15 is 0 Å². The smallest absolute Gasteiger partial charge is 0.0741 e. The van der Waals surface area contributed by atoms with Crippen LogP contribution in [0.1, 0.15) is 47.5 Å². The van der Waals surface area contributed by atoms with E-state index in [2.05, 4.69) is 26.1 Å². The number of hydrogen-bond acceptors (Lipinski definition) is 2. The summed E-state index contributed by atoms with van der Waals surface area (Å²) < 4.78 is 0. The zero-order valence-electron chi connectivity index (χ0n) is 10.2. The maximum atomic E-state index is 9.78. The van der Waals surface area contributed by atoms with E-state index in [1.807, 2.05) is 13.8 Å². The Hall–Kier alpha value is -0.0800. The summed E-state index contributed by atoms with van der Waals surface area (Å²) in [6.45, 7) is 11.4. The van der Waals surface area contributed by atoms with E-state index in [9.17, 15) is 5.11 Å². The maximum Gasteiger partial charge on any atom is 0.0741 e. The molecular formula is C12H25NO. The predicted octanol–water partition coefficient (Wildman–Crippen LogP) is 2.17. The second-order valence-electron chi connectivity index (χ2n) is 5.77. The molecule has 2 heteroatoms. The Labute approximate surface area is 88.1 Å². The largest absolute Gasteiger partial charge is 0.389 e. The first-order valence-corrected chi connectivity index (χ1v) is 5.74. The Morgan fingerprint density at radius 1 is 1.29 bits per heavy atom. The van der Waals surface area contributed by atoms with Gasteiger partial charge in [0.25, 0.3) is 0 Å². The number of aliphatic hydroxyl groups is 1. The first-order chi connectivity index (χ1) is 6.28. The van der Waals surface area contributed by atoms with Gasteiger partial charge < -0.3 is 10.4 Å². The van der Waals surface area contributed by atoms with E-state index in [1.165, 1.54) is 12.8 Å². The second kappa shape index (κ2) is 3.82. The summed E-state index contributed by atoms with van der Waals surface area (Å²) in [6.07, 6.45) is 2.69. The molecule has 0 aromatic carbocycles. The van der Waals surface area contributed by atoms with Gasteiger partial charge in [-0.25, -0.2) is 0 Å². The molecule has 14 heavy (non-hydrogen) atoms. The normalized spacial score (nSPS) is 22.5. The van der Waals surface area contributed by atoms with E-state index in [4.69, 9.17) is 0 Å². The SMILES string of the molecule is CC(NCC1(C(C)C)CC1)C(C)(C)O. The predicted molar refractivity (Wildman–Crippen MR) is 60.3 cm³/mol. The quantitative estimate of drug-likeness (QED) is 0.711. The minimum Gasteiger partial charge on any atom is -0.389 e. The van der Waals surface area contributed by atoms with Gasteiger partial charge >= 0.3 is 0 Å². The van der Waals surface area contributed by atoms with Gasteiger partial charge in [0, 0.05) is 12.6 Å². The summed E-state index contributed by atoms with van der Waals surface area (Å²) in [5.74, 6) is 0.754. The molecule has 0 aromatic rings. The second-order valence-corrected chi connectivity index (χ2v) is 5.77. The van der Waals surface area contributed by atoms with E-state index in [0.29, 0.717) is 5.41 Å². The van der Waals surface area contributed by atoms with Crippen molar-refractivity contribution in [2.24, 2.45) is 11.3 Å². The minimum atomic E-state index is -0.618. The lowest BCUT2D eigenvalue weighted by Crippen LogP contribution is -2.47. The van der Waals surface area contributed by atoms with Gasteiger partial charge in [-0.15, -0.1) is 0 Å². The van der Waals surface area contributed by atoms with Gasteiger partial charge in [-0.1, -0.05) is 13.8 Å². The average molecular weight is 199 g/mol. The van der Waals surface area contributed by atoms with Crippen LogP contribution >= 0.6 is 0 Å². The van der Waals surface area contributed by atoms with Crippen LogP contribution in [-0.2, 0) is 0 Å². The summed E-state index contributed by atoms with van der Waals surface area (Å²) in [6, 6.07) is 0.165. The van der Waals surface area contributed by atoms with Crippen molar-refractivity contribution in [3.63, 3.8) is 0 Å². The first kappa shape index (κ1) is 12.0. The van der Waals surface area contributed by atoms with Crippen molar-refractivity contribution in [3.05, 3.63) is 0 Å². The summed E-state index contributed by atoms with van der Waals surface area (Å²) in [7, 11) is 0. The zero-order valence-corrected chi connectivity index (χ0v) is 10.2.